The SMILES string of the molecule is NNC(Cc1ccoc1)C1CSc2ccccc21. The molecule has 0 radical (unpaired) electrons. The smallest absolute Gasteiger partial charge is 0.0935 e. The number of fused-ring (bicyclic) bond motifs is 1. The van der Waals surface area contributed by atoms with Gasteiger partial charge in [0.2, 0.25) is 0 Å². The van der Waals surface area contributed by atoms with Gasteiger partial charge in [0.15, 0.2) is 0 Å². The molecule has 0 saturated heterocycles. The minimum atomic E-state index is 0.249. The molecule has 1 aromatic heterocycles. The average molecular weight is 260 g/mol. The van der Waals surface area contributed by atoms with Crippen molar-refractivity contribution in [2.75, 3.05) is 5.75 Å². The van der Waals surface area contributed by atoms with Crippen molar-refractivity contribution in [2.45, 2.75) is 23.3 Å². The van der Waals surface area contributed by atoms with Crippen LogP contribution in [0.2, 0.25) is 0 Å². The summed E-state index contributed by atoms with van der Waals surface area (Å²) in [6.45, 7) is 0. The molecule has 3 N–H and O–H groups in total. The van der Waals surface area contributed by atoms with E-state index in [0.717, 1.165) is 12.2 Å². The van der Waals surface area contributed by atoms with Gasteiger partial charge in [-0.3, -0.25) is 11.3 Å². The van der Waals surface area contributed by atoms with Crippen LogP contribution in [0.25, 0.3) is 0 Å². The molecule has 0 amide bonds. The maximum absolute atomic E-state index is 5.74. The van der Waals surface area contributed by atoms with Crippen molar-refractivity contribution < 1.29 is 4.42 Å². The molecular weight excluding hydrogens is 244 g/mol. The number of nitrogens with one attached hydrogen (secondary N) is 1. The molecule has 2 heterocycles. The first-order valence-corrected chi connectivity index (χ1v) is 7.06. The van der Waals surface area contributed by atoms with Crippen LogP contribution >= 0.6 is 11.8 Å². The van der Waals surface area contributed by atoms with Crippen LogP contribution in [0, 0.1) is 0 Å². The standard InChI is InChI=1S/C14H16N2OS/c15-16-13(7-10-5-6-17-8-10)12-9-18-14-4-2-1-3-11(12)14/h1-6,8,12-13,16H,7,9,15H2. The maximum Gasteiger partial charge on any atom is 0.0935 e. The Bertz CT molecular complexity index is 512. The fourth-order valence-corrected chi connectivity index (χ4v) is 3.83. The molecule has 2 atom stereocenters. The summed E-state index contributed by atoms with van der Waals surface area (Å²) in [5, 5.41) is 0. The molecule has 0 fully saturated rings. The molecule has 1 aliphatic rings. The minimum Gasteiger partial charge on any atom is -0.472 e. The zero-order valence-electron chi connectivity index (χ0n) is 10.0. The Balaban J connectivity index is 1.81. The lowest BCUT2D eigenvalue weighted by molar-refractivity contribution is 0.460. The lowest BCUT2D eigenvalue weighted by atomic mass is 9.90. The Morgan fingerprint density at radius 1 is 1.39 bits per heavy atom. The molecule has 1 aromatic carbocycles. The molecule has 4 heteroatoms. The van der Waals surface area contributed by atoms with E-state index >= 15 is 0 Å². The predicted octanol–water partition coefficient (Wildman–Crippen LogP) is 2.54. The zero-order valence-corrected chi connectivity index (χ0v) is 10.8. The van der Waals surface area contributed by atoms with E-state index in [1.54, 1.807) is 12.5 Å². The fraction of sp³-hybridized carbons (Fsp3) is 0.286. The summed E-state index contributed by atoms with van der Waals surface area (Å²) in [5.41, 5.74) is 5.57. The molecule has 18 heavy (non-hydrogen) atoms. The van der Waals surface area contributed by atoms with Crippen LogP contribution in [0.1, 0.15) is 17.0 Å². The van der Waals surface area contributed by atoms with Gasteiger partial charge in [-0.1, -0.05) is 18.2 Å². The molecule has 0 bridgehead atoms. The van der Waals surface area contributed by atoms with Crippen molar-refractivity contribution >= 4 is 11.8 Å². The Hall–Kier alpha value is -1.23. The lowest BCUT2D eigenvalue weighted by Gasteiger charge is -2.22. The summed E-state index contributed by atoms with van der Waals surface area (Å²) in [6.07, 6.45) is 4.39. The van der Waals surface area contributed by atoms with Crippen molar-refractivity contribution in [1.82, 2.24) is 5.43 Å². The molecule has 3 rings (SSSR count). The number of thioether (sulfide) groups is 1. The summed E-state index contributed by atoms with van der Waals surface area (Å²) >= 11 is 1.91. The largest absolute Gasteiger partial charge is 0.472 e. The van der Waals surface area contributed by atoms with Gasteiger partial charge >= 0.3 is 0 Å². The molecule has 0 spiro atoms. The van der Waals surface area contributed by atoms with Gasteiger partial charge in [-0.05, 0) is 29.7 Å². The lowest BCUT2D eigenvalue weighted by Crippen LogP contribution is -2.41. The number of hydrogen-bond donors (Lipinski definition) is 2. The first-order chi connectivity index (χ1) is 8.88. The topological polar surface area (TPSA) is 51.2 Å². The van der Waals surface area contributed by atoms with Crippen LogP contribution in [0.5, 0.6) is 0 Å². The van der Waals surface area contributed by atoms with Gasteiger partial charge in [0.1, 0.15) is 0 Å². The quantitative estimate of drug-likeness (QED) is 0.655. The van der Waals surface area contributed by atoms with Crippen LogP contribution < -0.4 is 11.3 Å². The maximum atomic E-state index is 5.74. The zero-order chi connectivity index (χ0) is 12.4. The molecule has 3 nitrogen and oxygen atoms in total. The Labute approximate surface area is 111 Å². The van der Waals surface area contributed by atoms with Gasteiger partial charge in [-0.2, -0.15) is 0 Å². The highest BCUT2D eigenvalue weighted by molar-refractivity contribution is 7.99. The van der Waals surface area contributed by atoms with E-state index in [0.29, 0.717) is 5.92 Å². The highest BCUT2D eigenvalue weighted by Crippen LogP contribution is 2.41. The summed E-state index contributed by atoms with van der Waals surface area (Å²) in [6, 6.07) is 10.8. The second kappa shape index (κ2) is 5.18. The van der Waals surface area contributed by atoms with Crippen molar-refractivity contribution in [1.29, 1.82) is 0 Å². The number of hydrazine groups is 1. The number of rotatable bonds is 4. The normalized spacial score (nSPS) is 19.7. The van der Waals surface area contributed by atoms with E-state index < -0.39 is 0 Å². The average Bonchev–Trinajstić information content (AvgIpc) is 3.05. The van der Waals surface area contributed by atoms with E-state index in [-0.39, 0.29) is 6.04 Å². The molecule has 94 valence electrons. The number of furan rings is 1. The van der Waals surface area contributed by atoms with Crippen molar-refractivity contribution in [3.8, 4) is 0 Å². The van der Waals surface area contributed by atoms with Crippen molar-refractivity contribution in [3.05, 3.63) is 54.0 Å². The summed E-state index contributed by atoms with van der Waals surface area (Å²) in [5.74, 6) is 7.29. The second-order valence-corrected chi connectivity index (χ2v) is 5.63. The first-order valence-electron chi connectivity index (χ1n) is 6.07. The van der Waals surface area contributed by atoms with Gasteiger partial charge in [0, 0.05) is 22.6 Å². The van der Waals surface area contributed by atoms with Crippen LogP contribution in [-0.2, 0) is 6.42 Å². The number of benzene rings is 1. The number of hydrogen-bond acceptors (Lipinski definition) is 4. The molecule has 0 aliphatic carbocycles. The van der Waals surface area contributed by atoms with Gasteiger partial charge in [-0.15, -0.1) is 11.8 Å². The fourth-order valence-electron chi connectivity index (χ4n) is 2.50. The summed E-state index contributed by atoms with van der Waals surface area (Å²) < 4.78 is 5.12. The molecule has 2 aromatic rings. The third-order valence-electron chi connectivity index (χ3n) is 3.47. The van der Waals surface area contributed by atoms with Crippen LogP contribution in [0.3, 0.4) is 0 Å². The van der Waals surface area contributed by atoms with Crippen LogP contribution in [-0.4, -0.2) is 11.8 Å². The third kappa shape index (κ3) is 2.19. The summed E-state index contributed by atoms with van der Waals surface area (Å²) in [7, 11) is 0. The van der Waals surface area contributed by atoms with E-state index in [9.17, 15) is 0 Å². The van der Waals surface area contributed by atoms with Gasteiger partial charge in [0.05, 0.1) is 12.5 Å². The number of nitrogens with two attached hydrogens (primary N) is 1. The van der Waals surface area contributed by atoms with Crippen molar-refractivity contribution in [3.63, 3.8) is 0 Å². The molecule has 0 saturated carbocycles. The van der Waals surface area contributed by atoms with E-state index in [4.69, 9.17) is 10.3 Å². The van der Waals surface area contributed by atoms with Crippen molar-refractivity contribution in [2.24, 2.45) is 5.84 Å². The summed E-state index contributed by atoms with van der Waals surface area (Å²) in [4.78, 5) is 1.38. The monoisotopic (exact) mass is 260 g/mol. The molecule has 2 unspecified atom stereocenters. The van der Waals surface area contributed by atoms with Gasteiger partial charge in [0.25, 0.3) is 0 Å². The first kappa shape index (κ1) is 11.8. The van der Waals surface area contributed by atoms with Crippen LogP contribution in [0.15, 0.2) is 52.2 Å². The van der Waals surface area contributed by atoms with Gasteiger partial charge in [-0.25, -0.2) is 0 Å². The highest BCUT2D eigenvalue weighted by atomic mass is 32.2. The Kier molecular flexibility index (Phi) is 3.41. The van der Waals surface area contributed by atoms with E-state index in [1.807, 2.05) is 17.8 Å². The minimum absolute atomic E-state index is 0.249. The van der Waals surface area contributed by atoms with E-state index in [1.165, 1.54) is 16.0 Å². The second-order valence-electron chi connectivity index (χ2n) is 4.56. The third-order valence-corrected chi connectivity index (χ3v) is 4.68. The van der Waals surface area contributed by atoms with E-state index in [2.05, 4.69) is 29.7 Å². The Morgan fingerprint density at radius 2 is 2.28 bits per heavy atom. The molecular formula is C14H16N2OS. The highest BCUT2D eigenvalue weighted by Gasteiger charge is 2.29. The van der Waals surface area contributed by atoms with Gasteiger partial charge < -0.3 is 4.42 Å². The Morgan fingerprint density at radius 3 is 3.06 bits per heavy atom. The molecule has 1 aliphatic heterocycles. The predicted molar refractivity (Wildman–Crippen MR) is 73.4 cm³/mol. The van der Waals surface area contributed by atoms with Crippen LogP contribution in [0.4, 0.5) is 0 Å².